The van der Waals surface area contributed by atoms with E-state index in [1.807, 2.05) is 12.1 Å². The van der Waals surface area contributed by atoms with Crippen molar-refractivity contribution in [1.29, 1.82) is 0 Å². The first-order valence-corrected chi connectivity index (χ1v) is 12.4. The van der Waals surface area contributed by atoms with Crippen LogP contribution in [0.5, 0.6) is 0 Å². The maximum atomic E-state index is 5.64. The van der Waals surface area contributed by atoms with Gasteiger partial charge in [0, 0.05) is 11.3 Å². The van der Waals surface area contributed by atoms with Gasteiger partial charge in [-0.25, -0.2) is 0 Å². The van der Waals surface area contributed by atoms with Gasteiger partial charge in [-0.2, -0.15) is 0 Å². The first-order valence-electron chi connectivity index (χ1n) is 11.4. The van der Waals surface area contributed by atoms with E-state index in [0.29, 0.717) is 6.54 Å². The molecule has 4 nitrogen and oxygen atoms in total. The summed E-state index contributed by atoms with van der Waals surface area (Å²) in [5.74, 6) is 2.58. The van der Waals surface area contributed by atoms with Gasteiger partial charge in [-0.15, -0.1) is 10.2 Å². The molecule has 0 fully saturated rings. The predicted molar refractivity (Wildman–Crippen MR) is 137 cm³/mol. The number of rotatable bonds is 6. The van der Waals surface area contributed by atoms with Crippen LogP contribution in [0.2, 0.25) is 0 Å². The molecule has 0 aliphatic rings. The van der Waals surface area contributed by atoms with Crippen LogP contribution in [0.25, 0.3) is 11.4 Å². The van der Waals surface area contributed by atoms with E-state index in [9.17, 15) is 0 Å². The van der Waals surface area contributed by atoms with Crippen molar-refractivity contribution in [3.05, 3.63) is 89.4 Å². The summed E-state index contributed by atoms with van der Waals surface area (Å²) in [6, 6.07) is 21.5. The van der Waals surface area contributed by atoms with Crippen LogP contribution in [0, 0.1) is 0 Å². The smallest absolute Gasteiger partial charge is 0.192 e. The van der Waals surface area contributed by atoms with E-state index < -0.39 is 0 Å². The number of aromatic nitrogens is 3. The number of nitrogens with zero attached hydrogens (tertiary/aromatic N) is 3. The first kappa shape index (κ1) is 23.4. The number of benzene rings is 2. The Hall–Kier alpha value is -2.79. The molecule has 0 unspecified atom stereocenters. The lowest BCUT2D eigenvalue weighted by molar-refractivity contribution is 0.485. The van der Waals surface area contributed by atoms with E-state index in [4.69, 9.17) is 4.42 Å². The monoisotopic (exact) mass is 459 g/mol. The van der Waals surface area contributed by atoms with E-state index in [1.54, 1.807) is 18.0 Å². The van der Waals surface area contributed by atoms with Crippen molar-refractivity contribution in [1.82, 2.24) is 14.8 Å². The average molecular weight is 460 g/mol. The van der Waals surface area contributed by atoms with Crippen LogP contribution in [0.3, 0.4) is 0 Å². The van der Waals surface area contributed by atoms with Gasteiger partial charge in [-0.1, -0.05) is 102 Å². The quantitative estimate of drug-likeness (QED) is 0.280. The standard InChI is InChI=1S/C28H33N3OS/c1-27(2,3)22-13-9-20(10-14-22)19-33-26-30-29-25(31(26)18-24-8-7-17-32-24)21-11-15-23(16-12-21)28(4,5)6/h7-17H,18-19H2,1-6H3. The SMILES string of the molecule is CC(C)(C)c1ccc(CSc2nnc(-c3ccc(C(C)(C)C)cc3)n2Cc2ccco2)cc1. The van der Waals surface area contributed by atoms with Gasteiger partial charge in [-0.05, 0) is 39.7 Å². The minimum absolute atomic E-state index is 0.115. The second kappa shape index (κ2) is 9.22. The Kier molecular flexibility index (Phi) is 6.53. The molecule has 4 rings (SSSR count). The van der Waals surface area contributed by atoms with Crippen molar-refractivity contribution in [3.63, 3.8) is 0 Å². The highest BCUT2D eigenvalue weighted by atomic mass is 32.2. The van der Waals surface area contributed by atoms with Gasteiger partial charge in [0.25, 0.3) is 0 Å². The van der Waals surface area contributed by atoms with Crippen LogP contribution in [0.4, 0.5) is 0 Å². The molecule has 0 saturated heterocycles. The normalized spacial score (nSPS) is 12.3. The first-order chi connectivity index (χ1) is 15.6. The maximum Gasteiger partial charge on any atom is 0.192 e. The molecule has 0 aliphatic heterocycles. The van der Waals surface area contributed by atoms with Gasteiger partial charge >= 0.3 is 0 Å². The van der Waals surface area contributed by atoms with Gasteiger partial charge in [0.2, 0.25) is 0 Å². The fourth-order valence-corrected chi connectivity index (χ4v) is 4.57. The molecule has 0 amide bonds. The van der Waals surface area contributed by atoms with Crippen LogP contribution in [0.15, 0.2) is 76.5 Å². The molecule has 172 valence electrons. The molecule has 0 spiro atoms. The van der Waals surface area contributed by atoms with Crippen LogP contribution < -0.4 is 0 Å². The van der Waals surface area contributed by atoms with E-state index in [2.05, 4.69) is 105 Å². The molecule has 2 heterocycles. The zero-order chi connectivity index (χ0) is 23.6. The van der Waals surface area contributed by atoms with Gasteiger partial charge in [-0.3, -0.25) is 4.57 Å². The van der Waals surface area contributed by atoms with Crippen LogP contribution >= 0.6 is 11.8 Å². The summed E-state index contributed by atoms with van der Waals surface area (Å²) in [6.07, 6.45) is 1.71. The largest absolute Gasteiger partial charge is 0.467 e. The third-order valence-electron chi connectivity index (χ3n) is 5.81. The average Bonchev–Trinajstić information content (AvgIpc) is 3.42. The summed E-state index contributed by atoms with van der Waals surface area (Å²) < 4.78 is 7.79. The summed E-state index contributed by atoms with van der Waals surface area (Å²) in [5, 5.41) is 10.0. The summed E-state index contributed by atoms with van der Waals surface area (Å²) in [5.41, 5.74) is 5.26. The Labute approximate surface area is 201 Å². The topological polar surface area (TPSA) is 43.9 Å². The minimum atomic E-state index is 0.115. The van der Waals surface area contributed by atoms with Gasteiger partial charge < -0.3 is 4.42 Å². The van der Waals surface area contributed by atoms with E-state index in [-0.39, 0.29) is 10.8 Å². The summed E-state index contributed by atoms with van der Waals surface area (Å²) in [4.78, 5) is 0. The number of hydrogen-bond acceptors (Lipinski definition) is 4. The molecule has 0 aliphatic carbocycles. The van der Waals surface area contributed by atoms with Crippen molar-refractivity contribution < 1.29 is 4.42 Å². The number of thioether (sulfide) groups is 1. The Morgan fingerprint density at radius 2 is 1.39 bits per heavy atom. The zero-order valence-electron chi connectivity index (χ0n) is 20.4. The van der Waals surface area contributed by atoms with Crippen LogP contribution in [-0.2, 0) is 23.1 Å². The molecule has 5 heteroatoms. The molecule has 0 radical (unpaired) electrons. The fraction of sp³-hybridized carbons (Fsp3) is 0.357. The molecule has 0 bridgehead atoms. The molecular weight excluding hydrogens is 426 g/mol. The zero-order valence-corrected chi connectivity index (χ0v) is 21.2. The number of hydrogen-bond donors (Lipinski definition) is 0. The van der Waals surface area contributed by atoms with Crippen molar-refractivity contribution in [2.24, 2.45) is 0 Å². The Morgan fingerprint density at radius 1 is 0.788 bits per heavy atom. The minimum Gasteiger partial charge on any atom is -0.467 e. The Bertz CT molecular complexity index is 1180. The number of furan rings is 1. The van der Waals surface area contributed by atoms with Crippen molar-refractivity contribution >= 4 is 11.8 Å². The van der Waals surface area contributed by atoms with E-state index in [1.165, 1.54) is 16.7 Å². The van der Waals surface area contributed by atoms with Crippen molar-refractivity contribution in [3.8, 4) is 11.4 Å². The van der Waals surface area contributed by atoms with Gasteiger partial charge in [0.1, 0.15) is 5.76 Å². The molecular formula is C28H33N3OS. The lowest BCUT2D eigenvalue weighted by atomic mass is 9.87. The third kappa shape index (κ3) is 5.59. The lowest BCUT2D eigenvalue weighted by Gasteiger charge is -2.19. The second-order valence-corrected chi connectivity index (χ2v) is 11.5. The molecule has 33 heavy (non-hydrogen) atoms. The van der Waals surface area contributed by atoms with E-state index >= 15 is 0 Å². The predicted octanol–water partition coefficient (Wildman–Crippen LogP) is 7.47. The molecule has 0 N–H and O–H groups in total. The maximum absolute atomic E-state index is 5.64. The summed E-state index contributed by atoms with van der Waals surface area (Å²) in [7, 11) is 0. The molecule has 4 aromatic rings. The highest BCUT2D eigenvalue weighted by Crippen LogP contribution is 2.30. The summed E-state index contributed by atoms with van der Waals surface area (Å²) in [6.45, 7) is 14.0. The second-order valence-electron chi connectivity index (χ2n) is 10.5. The van der Waals surface area contributed by atoms with Gasteiger partial charge in [0.15, 0.2) is 11.0 Å². The van der Waals surface area contributed by atoms with Crippen molar-refractivity contribution in [2.45, 2.75) is 69.8 Å². The highest BCUT2D eigenvalue weighted by molar-refractivity contribution is 7.98. The Morgan fingerprint density at radius 3 is 1.94 bits per heavy atom. The van der Waals surface area contributed by atoms with Crippen LogP contribution in [-0.4, -0.2) is 14.8 Å². The fourth-order valence-electron chi connectivity index (χ4n) is 3.68. The lowest BCUT2D eigenvalue weighted by Crippen LogP contribution is -2.10. The molecule has 0 atom stereocenters. The molecule has 2 aromatic carbocycles. The van der Waals surface area contributed by atoms with Crippen molar-refractivity contribution in [2.75, 3.05) is 0 Å². The molecule has 0 saturated carbocycles. The Balaban J connectivity index is 1.59. The highest BCUT2D eigenvalue weighted by Gasteiger charge is 2.18. The third-order valence-corrected chi connectivity index (χ3v) is 6.85. The van der Waals surface area contributed by atoms with Crippen LogP contribution in [0.1, 0.15) is 64.0 Å². The van der Waals surface area contributed by atoms with Gasteiger partial charge in [0.05, 0.1) is 12.8 Å². The van der Waals surface area contributed by atoms with E-state index in [0.717, 1.165) is 28.1 Å². The summed E-state index contributed by atoms with van der Waals surface area (Å²) >= 11 is 1.71. The molecule has 2 aromatic heterocycles.